The maximum absolute atomic E-state index is 13.5. The SMILES string of the molecule is O=C(O)c1cc([N+](=O)[O-])ccc1Sc1ccccc1F. The van der Waals surface area contributed by atoms with Crippen molar-refractivity contribution in [1.82, 2.24) is 0 Å². The standard InChI is InChI=1S/C13H8FNO4S/c14-10-3-1-2-4-12(10)20-11-6-5-8(15(18)19)7-9(11)13(16)17/h1-7H,(H,16,17). The Kier molecular flexibility index (Phi) is 3.99. The number of nitrogens with zero attached hydrogens (tertiary/aromatic N) is 1. The molecule has 0 aliphatic rings. The van der Waals surface area contributed by atoms with E-state index in [0.29, 0.717) is 0 Å². The minimum Gasteiger partial charge on any atom is -0.478 e. The van der Waals surface area contributed by atoms with Crippen LogP contribution in [0.4, 0.5) is 10.1 Å². The van der Waals surface area contributed by atoms with E-state index < -0.39 is 16.7 Å². The number of hydrogen-bond acceptors (Lipinski definition) is 4. The van der Waals surface area contributed by atoms with Crippen LogP contribution in [-0.4, -0.2) is 16.0 Å². The molecule has 0 aliphatic heterocycles. The lowest BCUT2D eigenvalue weighted by molar-refractivity contribution is -0.384. The summed E-state index contributed by atoms with van der Waals surface area (Å²) in [7, 11) is 0. The van der Waals surface area contributed by atoms with Crippen LogP contribution in [0, 0.1) is 15.9 Å². The quantitative estimate of drug-likeness (QED) is 0.688. The van der Waals surface area contributed by atoms with Gasteiger partial charge in [-0.3, -0.25) is 10.1 Å². The van der Waals surface area contributed by atoms with Gasteiger partial charge in [0.15, 0.2) is 0 Å². The molecule has 7 heteroatoms. The summed E-state index contributed by atoms with van der Waals surface area (Å²) in [5, 5.41) is 19.7. The van der Waals surface area contributed by atoms with Crippen LogP contribution >= 0.6 is 11.8 Å². The summed E-state index contributed by atoms with van der Waals surface area (Å²) in [6, 6.07) is 9.37. The second-order valence-corrected chi connectivity index (χ2v) is 4.86. The van der Waals surface area contributed by atoms with Gasteiger partial charge in [0, 0.05) is 21.9 Å². The number of nitro groups is 1. The van der Waals surface area contributed by atoms with Crippen molar-refractivity contribution in [3.63, 3.8) is 0 Å². The van der Waals surface area contributed by atoms with Crippen molar-refractivity contribution in [3.05, 3.63) is 64.0 Å². The molecule has 0 atom stereocenters. The summed E-state index contributed by atoms with van der Waals surface area (Å²) in [6.45, 7) is 0. The fraction of sp³-hybridized carbons (Fsp3) is 0. The normalized spacial score (nSPS) is 10.2. The topological polar surface area (TPSA) is 80.4 Å². The Morgan fingerprint density at radius 1 is 1.20 bits per heavy atom. The van der Waals surface area contributed by atoms with Gasteiger partial charge >= 0.3 is 5.97 Å². The first kappa shape index (κ1) is 14.0. The van der Waals surface area contributed by atoms with Crippen LogP contribution in [0.5, 0.6) is 0 Å². The van der Waals surface area contributed by atoms with Crippen molar-refractivity contribution in [2.45, 2.75) is 9.79 Å². The summed E-state index contributed by atoms with van der Waals surface area (Å²) in [5.41, 5.74) is -0.548. The van der Waals surface area contributed by atoms with E-state index in [0.717, 1.165) is 17.8 Å². The van der Waals surface area contributed by atoms with E-state index in [-0.39, 0.29) is 21.0 Å². The lowest BCUT2D eigenvalue weighted by Crippen LogP contribution is -2.00. The zero-order chi connectivity index (χ0) is 14.7. The molecule has 0 saturated carbocycles. The molecule has 0 amide bonds. The molecule has 0 radical (unpaired) electrons. The van der Waals surface area contributed by atoms with Gasteiger partial charge in [-0.25, -0.2) is 9.18 Å². The number of non-ortho nitro benzene ring substituents is 1. The molecular formula is C13H8FNO4S. The van der Waals surface area contributed by atoms with E-state index in [2.05, 4.69) is 0 Å². The zero-order valence-corrected chi connectivity index (χ0v) is 10.8. The number of carboxylic acids is 1. The van der Waals surface area contributed by atoms with Crippen molar-refractivity contribution in [1.29, 1.82) is 0 Å². The molecule has 1 N–H and O–H groups in total. The van der Waals surface area contributed by atoms with E-state index in [1.807, 2.05) is 0 Å². The van der Waals surface area contributed by atoms with E-state index >= 15 is 0 Å². The van der Waals surface area contributed by atoms with E-state index in [1.165, 1.54) is 30.3 Å². The van der Waals surface area contributed by atoms with Gasteiger partial charge in [0.1, 0.15) is 5.82 Å². The number of aromatic carboxylic acids is 1. The van der Waals surface area contributed by atoms with Crippen LogP contribution in [-0.2, 0) is 0 Å². The van der Waals surface area contributed by atoms with Gasteiger partial charge < -0.3 is 5.11 Å². The molecule has 2 aromatic carbocycles. The molecule has 2 aromatic rings. The summed E-state index contributed by atoms with van der Waals surface area (Å²) >= 11 is 0.911. The first-order valence-corrected chi connectivity index (χ1v) is 6.25. The van der Waals surface area contributed by atoms with Crippen molar-refractivity contribution in [2.75, 3.05) is 0 Å². The highest BCUT2D eigenvalue weighted by Gasteiger charge is 2.17. The van der Waals surface area contributed by atoms with Gasteiger partial charge in [-0.2, -0.15) is 0 Å². The smallest absolute Gasteiger partial charge is 0.337 e. The Labute approximate surface area is 117 Å². The molecule has 0 aromatic heterocycles. The van der Waals surface area contributed by atoms with Crippen LogP contribution < -0.4 is 0 Å². The molecule has 102 valence electrons. The Hall–Kier alpha value is -2.41. The van der Waals surface area contributed by atoms with Crippen molar-refractivity contribution in [2.24, 2.45) is 0 Å². The molecule has 0 spiro atoms. The number of benzene rings is 2. The molecule has 2 rings (SSSR count). The molecule has 0 aliphatic carbocycles. The number of halogens is 1. The van der Waals surface area contributed by atoms with Crippen LogP contribution in [0.2, 0.25) is 0 Å². The first-order chi connectivity index (χ1) is 9.49. The van der Waals surface area contributed by atoms with Crippen LogP contribution in [0.1, 0.15) is 10.4 Å². The fourth-order valence-corrected chi connectivity index (χ4v) is 2.47. The molecule has 20 heavy (non-hydrogen) atoms. The Balaban J connectivity index is 2.44. The van der Waals surface area contributed by atoms with Gasteiger partial charge in [-0.05, 0) is 18.2 Å². The highest BCUT2D eigenvalue weighted by atomic mass is 32.2. The summed E-state index contributed by atoms with van der Waals surface area (Å²) in [5.74, 6) is -1.78. The predicted octanol–water partition coefficient (Wildman–Crippen LogP) is 3.58. The lowest BCUT2D eigenvalue weighted by Gasteiger charge is -2.06. The summed E-state index contributed by atoms with van der Waals surface area (Å²) in [6.07, 6.45) is 0. The number of rotatable bonds is 4. The average molecular weight is 293 g/mol. The lowest BCUT2D eigenvalue weighted by atomic mass is 10.2. The zero-order valence-electron chi connectivity index (χ0n) is 9.95. The highest BCUT2D eigenvalue weighted by molar-refractivity contribution is 7.99. The predicted molar refractivity (Wildman–Crippen MR) is 70.6 cm³/mol. The van der Waals surface area contributed by atoms with Crippen molar-refractivity contribution >= 4 is 23.4 Å². The minimum atomic E-state index is -1.30. The maximum Gasteiger partial charge on any atom is 0.337 e. The number of nitro benzene ring substituents is 1. The molecule has 0 unspecified atom stereocenters. The summed E-state index contributed by atoms with van der Waals surface area (Å²) in [4.78, 5) is 21.6. The van der Waals surface area contributed by atoms with Gasteiger partial charge in [0.05, 0.1) is 10.5 Å². The third-order valence-electron chi connectivity index (χ3n) is 2.46. The van der Waals surface area contributed by atoms with Crippen molar-refractivity contribution < 1.29 is 19.2 Å². The van der Waals surface area contributed by atoms with Crippen LogP contribution in [0.25, 0.3) is 0 Å². The van der Waals surface area contributed by atoms with Gasteiger partial charge in [0.25, 0.3) is 5.69 Å². The molecule has 5 nitrogen and oxygen atoms in total. The third-order valence-corrected chi connectivity index (χ3v) is 3.59. The Bertz CT molecular complexity index is 690. The third kappa shape index (κ3) is 2.94. The second-order valence-electron chi connectivity index (χ2n) is 3.78. The maximum atomic E-state index is 13.5. The Morgan fingerprint density at radius 3 is 2.50 bits per heavy atom. The van der Waals surface area contributed by atoms with Crippen molar-refractivity contribution in [3.8, 4) is 0 Å². The molecular weight excluding hydrogens is 285 g/mol. The minimum absolute atomic E-state index is 0.229. The van der Waals surface area contributed by atoms with Gasteiger partial charge in [-0.1, -0.05) is 23.9 Å². The largest absolute Gasteiger partial charge is 0.478 e. The average Bonchev–Trinajstić information content (AvgIpc) is 2.41. The van der Waals surface area contributed by atoms with Gasteiger partial charge in [0.2, 0.25) is 0 Å². The highest BCUT2D eigenvalue weighted by Crippen LogP contribution is 2.33. The Morgan fingerprint density at radius 2 is 1.90 bits per heavy atom. The van der Waals surface area contributed by atoms with E-state index in [9.17, 15) is 19.3 Å². The summed E-state index contributed by atoms with van der Waals surface area (Å²) < 4.78 is 13.5. The fourth-order valence-electron chi connectivity index (χ4n) is 1.53. The van der Waals surface area contributed by atoms with Gasteiger partial charge in [-0.15, -0.1) is 0 Å². The van der Waals surface area contributed by atoms with E-state index in [4.69, 9.17) is 5.11 Å². The van der Waals surface area contributed by atoms with Crippen LogP contribution in [0.15, 0.2) is 52.3 Å². The van der Waals surface area contributed by atoms with E-state index in [1.54, 1.807) is 6.07 Å². The van der Waals surface area contributed by atoms with Crippen LogP contribution in [0.3, 0.4) is 0 Å². The number of carbonyl (C=O) groups is 1. The first-order valence-electron chi connectivity index (χ1n) is 5.43. The monoisotopic (exact) mass is 293 g/mol. The number of carboxylic acid groups (broad SMARTS) is 1. The second kappa shape index (κ2) is 5.70. The molecule has 0 fully saturated rings. The molecule has 0 heterocycles. The number of hydrogen-bond donors (Lipinski definition) is 1. The molecule has 0 saturated heterocycles. The molecule has 0 bridgehead atoms.